The van der Waals surface area contributed by atoms with Crippen molar-refractivity contribution in [1.82, 2.24) is 0 Å². The van der Waals surface area contributed by atoms with E-state index in [0.717, 1.165) is 24.4 Å². The van der Waals surface area contributed by atoms with Crippen LogP contribution in [0, 0.1) is 12.8 Å². The van der Waals surface area contributed by atoms with Crippen LogP contribution in [0.3, 0.4) is 0 Å². The quantitative estimate of drug-likeness (QED) is 0.775. The van der Waals surface area contributed by atoms with Gasteiger partial charge in [0.1, 0.15) is 11.5 Å². The van der Waals surface area contributed by atoms with Gasteiger partial charge in [-0.05, 0) is 37.8 Å². The molecule has 1 unspecified atom stereocenters. The Morgan fingerprint density at radius 1 is 1.31 bits per heavy atom. The summed E-state index contributed by atoms with van der Waals surface area (Å²) in [5, 5.41) is 0. The molecule has 0 aliphatic heterocycles. The molecule has 13 heavy (non-hydrogen) atoms. The van der Waals surface area contributed by atoms with E-state index in [0.29, 0.717) is 5.92 Å². The van der Waals surface area contributed by atoms with Gasteiger partial charge in [-0.25, -0.2) is 0 Å². The molecule has 1 rings (SSSR count). The van der Waals surface area contributed by atoms with Crippen molar-refractivity contribution in [3.63, 3.8) is 0 Å². The van der Waals surface area contributed by atoms with Gasteiger partial charge < -0.3 is 10.2 Å². The van der Waals surface area contributed by atoms with Crippen LogP contribution < -0.4 is 5.73 Å². The largest absolute Gasteiger partial charge is 0.465 e. The lowest BCUT2D eigenvalue weighted by Gasteiger charge is -2.10. The fourth-order valence-corrected chi connectivity index (χ4v) is 1.31. The van der Waals surface area contributed by atoms with Crippen molar-refractivity contribution in [2.75, 3.05) is 0 Å². The standard InChI is InChI=1S/C11H19NO/c1-8(2)4-6-10(12)11-7-5-9(3)13-11/h5,7-8,10H,4,6,12H2,1-3H3. The Morgan fingerprint density at radius 2 is 2.00 bits per heavy atom. The molecule has 0 spiro atoms. The number of rotatable bonds is 4. The first-order valence-electron chi connectivity index (χ1n) is 4.91. The van der Waals surface area contributed by atoms with Crippen LogP contribution in [-0.2, 0) is 0 Å². The number of aryl methyl sites for hydroxylation is 1. The van der Waals surface area contributed by atoms with E-state index in [2.05, 4.69) is 13.8 Å². The zero-order chi connectivity index (χ0) is 9.84. The van der Waals surface area contributed by atoms with Gasteiger partial charge in [-0.1, -0.05) is 13.8 Å². The van der Waals surface area contributed by atoms with E-state index in [1.807, 2.05) is 19.1 Å². The molecule has 0 saturated heterocycles. The van der Waals surface area contributed by atoms with Crippen molar-refractivity contribution in [3.05, 3.63) is 23.7 Å². The lowest BCUT2D eigenvalue weighted by molar-refractivity contribution is 0.412. The second kappa shape index (κ2) is 4.47. The molecule has 0 saturated carbocycles. The third-order valence-electron chi connectivity index (χ3n) is 2.18. The van der Waals surface area contributed by atoms with Gasteiger partial charge in [0.15, 0.2) is 0 Å². The predicted molar refractivity (Wildman–Crippen MR) is 54.4 cm³/mol. The summed E-state index contributed by atoms with van der Waals surface area (Å²) in [7, 11) is 0. The summed E-state index contributed by atoms with van der Waals surface area (Å²) < 4.78 is 5.45. The Balaban J connectivity index is 2.44. The highest BCUT2D eigenvalue weighted by Gasteiger charge is 2.10. The van der Waals surface area contributed by atoms with Gasteiger partial charge in [0.2, 0.25) is 0 Å². The van der Waals surface area contributed by atoms with Crippen LogP contribution in [0.15, 0.2) is 16.5 Å². The fraction of sp³-hybridized carbons (Fsp3) is 0.636. The van der Waals surface area contributed by atoms with Gasteiger partial charge in [-0.15, -0.1) is 0 Å². The smallest absolute Gasteiger partial charge is 0.120 e. The molecule has 1 aromatic rings. The van der Waals surface area contributed by atoms with E-state index < -0.39 is 0 Å². The number of nitrogens with two attached hydrogens (primary N) is 1. The third-order valence-corrected chi connectivity index (χ3v) is 2.18. The van der Waals surface area contributed by atoms with E-state index in [-0.39, 0.29) is 6.04 Å². The van der Waals surface area contributed by atoms with Gasteiger partial charge in [-0.2, -0.15) is 0 Å². The van der Waals surface area contributed by atoms with Crippen molar-refractivity contribution < 1.29 is 4.42 Å². The average molecular weight is 181 g/mol. The zero-order valence-corrected chi connectivity index (χ0v) is 8.71. The lowest BCUT2D eigenvalue weighted by Crippen LogP contribution is -2.10. The Kier molecular flexibility index (Phi) is 3.55. The summed E-state index contributed by atoms with van der Waals surface area (Å²) in [6.45, 7) is 6.36. The second-order valence-electron chi connectivity index (χ2n) is 4.03. The Labute approximate surface area is 80.1 Å². The normalized spacial score (nSPS) is 13.6. The van der Waals surface area contributed by atoms with E-state index in [1.165, 1.54) is 0 Å². The van der Waals surface area contributed by atoms with Crippen LogP contribution in [0.4, 0.5) is 0 Å². The Morgan fingerprint density at radius 3 is 2.46 bits per heavy atom. The highest BCUT2D eigenvalue weighted by Crippen LogP contribution is 2.20. The monoisotopic (exact) mass is 181 g/mol. The maximum Gasteiger partial charge on any atom is 0.120 e. The molecule has 0 bridgehead atoms. The average Bonchev–Trinajstić information content (AvgIpc) is 2.47. The second-order valence-corrected chi connectivity index (χ2v) is 4.03. The van der Waals surface area contributed by atoms with Crippen LogP contribution in [0.2, 0.25) is 0 Å². The molecule has 2 heteroatoms. The van der Waals surface area contributed by atoms with Crippen LogP contribution in [0.1, 0.15) is 44.3 Å². The first-order valence-corrected chi connectivity index (χ1v) is 4.91. The number of furan rings is 1. The molecule has 0 amide bonds. The molecule has 0 aliphatic rings. The minimum atomic E-state index is 0.0658. The van der Waals surface area contributed by atoms with E-state index in [9.17, 15) is 0 Å². The highest BCUT2D eigenvalue weighted by molar-refractivity contribution is 5.08. The van der Waals surface area contributed by atoms with Gasteiger partial charge in [0.25, 0.3) is 0 Å². The summed E-state index contributed by atoms with van der Waals surface area (Å²) in [4.78, 5) is 0. The van der Waals surface area contributed by atoms with Gasteiger partial charge in [0.05, 0.1) is 6.04 Å². The molecule has 1 aromatic heterocycles. The van der Waals surface area contributed by atoms with Crippen molar-refractivity contribution in [2.45, 2.75) is 39.7 Å². The molecule has 0 radical (unpaired) electrons. The Bertz CT molecular complexity index is 252. The molecule has 0 aromatic carbocycles. The summed E-state index contributed by atoms with van der Waals surface area (Å²) >= 11 is 0. The molecule has 1 atom stereocenters. The number of hydrogen-bond donors (Lipinski definition) is 1. The minimum Gasteiger partial charge on any atom is -0.465 e. The maximum atomic E-state index is 5.96. The molecule has 2 N–H and O–H groups in total. The molecule has 2 nitrogen and oxygen atoms in total. The summed E-state index contributed by atoms with van der Waals surface area (Å²) in [5.41, 5.74) is 5.96. The van der Waals surface area contributed by atoms with E-state index in [4.69, 9.17) is 10.2 Å². The molecule has 74 valence electrons. The van der Waals surface area contributed by atoms with Crippen molar-refractivity contribution in [1.29, 1.82) is 0 Å². The first-order chi connectivity index (χ1) is 6.09. The predicted octanol–water partition coefficient (Wildman–Crippen LogP) is 3.02. The molecule has 0 aliphatic carbocycles. The SMILES string of the molecule is Cc1ccc(C(N)CCC(C)C)o1. The number of hydrogen-bond acceptors (Lipinski definition) is 2. The summed E-state index contributed by atoms with van der Waals surface area (Å²) in [5.74, 6) is 2.57. The highest BCUT2D eigenvalue weighted by atomic mass is 16.3. The minimum absolute atomic E-state index is 0.0658. The van der Waals surface area contributed by atoms with E-state index >= 15 is 0 Å². The van der Waals surface area contributed by atoms with E-state index in [1.54, 1.807) is 0 Å². The van der Waals surface area contributed by atoms with Gasteiger partial charge in [-0.3, -0.25) is 0 Å². The Hall–Kier alpha value is -0.760. The van der Waals surface area contributed by atoms with Crippen LogP contribution in [0.5, 0.6) is 0 Å². The topological polar surface area (TPSA) is 39.2 Å². The molecular formula is C11H19NO. The molecular weight excluding hydrogens is 162 g/mol. The van der Waals surface area contributed by atoms with Crippen LogP contribution in [0.25, 0.3) is 0 Å². The molecule has 1 heterocycles. The lowest BCUT2D eigenvalue weighted by atomic mass is 10.0. The van der Waals surface area contributed by atoms with Crippen molar-refractivity contribution >= 4 is 0 Å². The van der Waals surface area contributed by atoms with Crippen LogP contribution >= 0.6 is 0 Å². The van der Waals surface area contributed by atoms with Crippen molar-refractivity contribution in [2.24, 2.45) is 11.7 Å². The van der Waals surface area contributed by atoms with Crippen LogP contribution in [-0.4, -0.2) is 0 Å². The third kappa shape index (κ3) is 3.23. The maximum absolute atomic E-state index is 5.96. The zero-order valence-electron chi connectivity index (χ0n) is 8.71. The molecule has 0 fully saturated rings. The fourth-order valence-electron chi connectivity index (χ4n) is 1.31. The van der Waals surface area contributed by atoms with Gasteiger partial charge >= 0.3 is 0 Å². The van der Waals surface area contributed by atoms with Gasteiger partial charge in [0, 0.05) is 0 Å². The summed E-state index contributed by atoms with van der Waals surface area (Å²) in [6.07, 6.45) is 2.16. The summed E-state index contributed by atoms with van der Waals surface area (Å²) in [6, 6.07) is 4.00. The van der Waals surface area contributed by atoms with Crippen molar-refractivity contribution in [3.8, 4) is 0 Å². The first kappa shape index (κ1) is 10.3.